The van der Waals surface area contributed by atoms with Crippen molar-refractivity contribution < 1.29 is 4.74 Å². The van der Waals surface area contributed by atoms with Crippen LogP contribution in [0.25, 0.3) is 10.9 Å². The minimum absolute atomic E-state index is 0.313. The van der Waals surface area contributed by atoms with Crippen LogP contribution in [0.1, 0.15) is 6.92 Å². The maximum atomic E-state index is 6.07. The summed E-state index contributed by atoms with van der Waals surface area (Å²) < 4.78 is 5.43. The molecule has 1 aliphatic rings. The smallest absolute Gasteiger partial charge is 0.155 e. The van der Waals surface area contributed by atoms with Gasteiger partial charge in [-0.3, -0.25) is 0 Å². The third-order valence-corrected chi connectivity index (χ3v) is 3.40. The van der Waals surface area contributed by atoms with Gasteiger partial charge in [-0.05, 0) is 25.1 Å². The predicted molar refractivity (Wildman–Crippen MR) is 71.0 cm³/mol. The largest absolute Gasteiger partial charge is 0.377 e. The summed E-state index contributed by atoms with van der Waals surface area (Å²) in [6.07, 6.45) is 1.67. The molecule has 1 saturated heterocycles. The molecule has 1 aliphatic heterocycles. The zero-order valence-electron chi connectivity index (χ0n) is 10.1. The van der Waals surface area contributed by atoms with Gasteiger partial charge < -0.3 is 9.64 Å². The summed E-state index contributed by atoms with van der Waals surface area (Å²) in [5.41, 5.74) is 0.704. The number of nitrogens with zero attached hydrogens (tertiary/aromatic N) is 3. The van der Waals surface area contributed by atoms with Gasteiger partial charge in [0.15, 0.2) is 5.15 Å². The topological polar surface area (TPSA) is 38.2 Å². The summed E-state index contributed by atoms with van der Waals surface area (Å²) in [6, 6.07) is 7.29. The SMILES string of the molecule is C[C@@H]1COCCN1c1c[c]c2ccnc(Cl)c2n1. The fourth-order valence-electron chi connectivity index (χ4n) is 2.16. The fraction of sp³-hybridized carbons (Fsp3) is 0.385. The molecule has 0 N–H and O–H groups in total. The zero-order valence-corrected chi connectivity index (χ0v) is 10.8. The van der Waals surface area contributed by atoms with Gasteiger partial charge in [0.1, 0.15) is 11.3 Å². The molecule has 4 nitrogen and oxygen atoms in total. The van der Waals surface area contributed by atoms with Gasteiger partial charge >= 0.3 is 0 Å². The van der Waals surface area contributed by atoms with E-state index in [-0.39, 0.29) is 0 Å². The third kappa shape index (κ3) is 2.02. The van der Waals surface area contributed by atoms with Gasteiger partial charge in [0.2, 0.25) is 0 Å². The number of pyridine rings is 2. The van der Waals surface area contributed by atoms with Gasteiger partial charge in [-0.1, -0.05) is 11.6 Å². The van der Waals surface area contributed by atoms with Crippen molar-refractivity contribution in [3.63, 3.8) is 0 Å². The molecular formula is C13H13ClN3O. The van der Waals surface area contributed by atoms with Gasteiger partial charge in [-0.15, -0.1) is 0 Å². The average molecular weight is 263 g/mol. The van der Waals surface area contributed by atoms with Crippen molar-refractivity contribution in [2.45, 2.75) is 13.0 Å². The van der Waals surface area contributed by atoms with Crippen LogP contribution < -0.4 is 4.90 Å². The van der Waals surface area contributed by atoms with Crippen LogP contribution in [0.3, 0.4) is 0 Å². The third-order valence-electron chi connectivity index (χ3n) is 3.12. The van der Waals surface area contributed by atoms with E-state index in [1.165, 1.54) is 0 Å². The summed E-state index contributed by atoms with van der Waals surface area (Å²) >= 11 is 6.07. The second-order valence-electron chi connectivity index (χ2n) is 4.37. The zero-order chi connectivity index (χ0) is 12.5. The maximum Gasteiger partial charge on any atom is 0.155 e. The molecule has 5 heteroatoms. The van der Waals surface area contributed by atoms with Crippen LogP contribution in [0.15, 0.2) is 18.3 Å². The molecule has 0 aromatic carbocycles. The van der Waals surface area contributed by atoms with Crippen LogP contribution in [0, 0.1) is 6.07 Å². The number of hydrogen-bond acceptors (Lipinski definition) is 4. The van der Waals surface area contributed by atoms with Gasteiger partial charge in [0, 0.05) is 18.1 Å². The number of aromatic nitrogens is 2. The lowest BCUT2D eigenvalue weighted by Gasteiger charge is -2.34. The Hall–Kier alpha value is -1.39. The van der Waals surface area contributed by atoms with Crippen LogP contribution in [0.4, 0.5) is 5.82 Å². The highest BCUT2D eigenvalue weighted by atomic mass is 35.5. The van der Waals surface area contributed by atoms with E-state index in [4.69, 9.17) is 16.3 Å². The van der Waals surface area contributed by atoms with Gasteiger partial charge in [0.25, 0.3) is 0 Å². The molecule has 0 aliphatic carbocycles. The average Bonchev–Trinajstić information content (AvgIpc) is 2.40. The molecule has 93 valence electrons. The lowest BCUT2D eigenvalue weighted by atomic mass is 10.2. The van der Waals surface area contributed by atoms with Crippen LogP contribution in [-0.2, 0) is 4.74 Å². The van der Waals surface area contributed by atoms with Crippen molar-refractivity contribution in [1.29, 1.82) is 0 Å². The van der Waals surface area contributed by atoms with E-state index in [2.05, 4.69) is 27.9 Å². The summed E-state index contributed by atoms with van der Waals surface area (Å²) in [5, 5.41) is 1.31. The highest BCUT2D eigenvalue weighted by Gasteiger charge is 2.20. The molecule has 0 unspecified atom stereocenters. The van der Waals surface area contributed by atoms with E-state index >= 15 is 0 Å². The molecule has 0 saturated carbocycles. The molecule has 1 fully saturated rings. The Balaban J connectivity index is 2.04. The van der Waals surface area contributed by atoms with Crippen LogP contribution in [0.5, 0.6) is 0 Å². The first-order valence-corrected chi connectivity index (χ1v) is 6.31. The van der Waals surface area contributed by atoms with Crippen molar-refractivity contribution in [3.8, 4) is 0 Å². The standard InChI is InChI=1S/C13H13ClN3O/c1-9-8-18-7-6-17(9)11-3-2-10-4-5-15-13(14)12(10)16-11/h3-5,9H,6-8H2,1H3/t9-/m1/s1. The Bertz CT molecular complexity index is 575. The van der Waals surface area contributed by atoms with Crippen molar-refractivity contribution in [2.75, 3.05) is 24.7 Å². The molecule has 3 heterocycles. The number of anilines is 1. The Labute approximate surface area is 111 Å². The van der Waals surface area contributed by atoms with Crippen molar-refractivity contribution >= 4 is 28.3 Å². The van der Waals surface area contributed by atoms with E-state index in [0.29, 0.717) is 16.7 Å². The Morgan fingerprint density at radius 3 is 3.28 bits per heavy atom. The second-order valence-corrected chi connectivity index (χ2v) is 4.73. The maximum absolute atomic E-state index is 6.07. The Morgan fingerprint density at radius 2 is 2.44 bits per heavy atom. The molecule has 2 aromatic heterocycles. The van der Waals surface area contributed by atoms with Gasteiger partial charge in [-0.2, -0.15) is 0 Å². The van der Waals surface area contributed by atoms with E-state index in [9.17, 15) is 0 Å². The lowest BCUT2D eigenvalue weighted by molar-refractivity contribution is 0.0986. The molecule has 3 rings (SSSR count). The van der Waals surface area contributed by atoms with Crippen LogP contribution in [0.2, 0.25) is 5.15 Å². The highest BCUT2D eigenvalue weighted by molar-refractivity contribution is 6.33. The first kappa shape index (κ1) is 11.7. The number of ether oxygens (including phenoxy) is 1. The van der Waals surface area contributed by atoms with Gasteiger partial charge in [-0.25, -0.2) is 9.97 Å². The lowest BCUT2D eigenvalue weighted by Crippen LogP contribution is -2.44. The van der Waals surface area contributed by atoms with E-state index in [1.807, 2.05) is 12.1 Å². The normalized spacial score (nSPS) is 20.3. The molecular weight excluding hydrogens is 250 g/mol. The summed E-state index contributed by atoms with van der Waals surface area (Å²) in [6.45, 7) is 4.41. The second kappa shape index (κ2) is 4.71. The number of fused-ring (bicyclic) bond motifs is 1. The first-order valence-electron chi connectivity index (χ1n) is 5.93. The van der Waals surface area contributed by atoms with Crippen LogP contribution in [-0.4, -0.2) is 35.8 Å². The monoisotopic (exact) mass is 262 g/mol. The Morgan fingerprint density at radius 1 is 1.56 bits per heavy atom. The number of halogens is 1. The predicted octanol–water partition coefficient (Wildman–Crippen LogP) is 2.31. The minimum atomic E-state index is 0.313. The Kier molecular flexibility index (Phi) is 3.06. The number of morpholine rings is 1. The highest BCUT2D eigenvalue weighted by Crippen LogP contribution is 2.24. The van der Waals surface area contributed by atoms with Crippen LogP contribution >= 0.6 is 11.6 Å². The molecule has 1 radical (unpaired) electrons. The fourth-order valence-corrected chi connectivity index (χ4v) is 2.36. The molecule has 0 bridgehead atoms. The first-order chi connectivity index (χ1) is 8.75. The molecule has 0 spiro atoms. The van der Waals surface area contributed by atoms with E-state index < -0.39 is 0 Å². The summed E-state index contributed by atoms with van der Waals surface area (Å²) in [7, 11) is 0. The molecule has 1 atom stereocenters. The number of hydrogen-bond donors (Lipinski definition) is 0. The van der Waals surface area contributed by atoms with Crippen molar-refractivity contribution in [2.24, 2.45) is 0 Å². The quantitative estimate of drug-likeness (QED) is 0.740. The van der Waals surface area contributed by atoms with Crippen molar-refractivity contribution in [1.82, 2.24) is 9.97 Å². The summed E-state index contributed by atoms with van der Waals surface area (Å²) in [5.74, 6) is 0.883. The number of rotatable bonds is 1. The van der Waals surface area contributed by atoms with E-state index in [1.54, 1.807) is 6.20 Å². The van der Waals surface area contributed by atoms with E-state index in [0.717, 1.165) is 31.0 Å². The summed E-state index contributed by atoms with van der Waals surface area (Å²) in [4.78, 5) is 10.9. The molecule has 0 amide bonds. The van der Waals surface area contributed by atoms with Crippen molar-refractivity contribution in [3.05, 3.63) is 29.5 Å². The van der Waals surface area contributed by atoms with Gasteiger partial charge in [0.05, 0.1) is 19.3 Å². The minimum Gasteiger partial charge on any atom is -0.377 e. The molecule has 18 heavy (non-hydrogen) atoms. The molecule has 2 aromatic rings.